The van der Waals surface area contributed by atoms with Gasteiger partial charge in [-0.2, -0.15) is 4.98 Å². The van der Waals surface area contributed by atoms with Gasteiger partial charge in [0.25, 0.3) is 5.91 Å². The molecule has 0 saturated carbocycles. The van der Waals surface area contributed by atoms with Gasteiger partial charge >= 0.3 is 4.87 Å². The Hall–Kier alpha value is -2.67. The fourth-order valence-corrected chi connectivity index (χ4v) is 2.74. The molecule has 1 amide bonds. The van der Waals surface area contributed by atoms with Crippen molar-refractivity contribution in [2.45, 2.75) is 6.92 Å². The second-order valence-corrected chi connectivity index (χ2v) is 5.66. The van der Waals surface area contributed by atoms with E-state index in [9.17, 15) is 9.59 Å². The van der Waals surface area contributed by atoms with E-state index < -0.39 is 0 Å². The van der Waals surface area contributed by atoms with Crippen LogP contribution in [0.2, 0.25) is 0 Å². The summed E-state index contributed by atoms with van der Waals surface area (Å²) in [6.07, 6.45) is 0. The van der Waals surface area contributed by atoms with Crippen molar-refractivity contribution in [3.05, 3.63) is 51.6 Å². The number of rotatable bonds is 4. The minimum Gasteiger partial charge on any atom is -0.467 e. The van der Waals surface area contributed by atoms with Gasteiger partial charge in [0.05, 0.1) is 4.70 Å². The quantitative estimate of drug-likeness (QED) is 0.774. The molecular formula is C15H13N3O3S. The molecule has 6 nitrogen and oxygen atoms in total. The zero-order valence-corrected chi connectivity index (χ0v) is 12.6. The van der Waals surface area contributed by atoms with Gasteiger partial charge in [-0.3, -0.25) is 14.6 Å². The first-order chi connectivity index (χ1) is 10.6. The average Bonchev–Trinajstić information content (AvgIpc) is 2.87. The summed E-state index contributed by atoms with van der Waals surface area (Å²) in [6.45, 7) is 1.71. The molecule has 2 aromatic heterocycles. The van der Waals surface area contributed by atoms with Crippen molar-refractivity contribution < 1.29 is 9.53 Å². The van der Waals surface area contributed by atoms with Crippen LogP contribution in [-0.4, -0.2) is 22.5 Å². The number of hydrogen-bond donors (Lipinski definition) is 2. The summed E-state index contributed by atoms with van der Waals surface area (Å²) >= 11 is 1.11. The summed E-state index contributed by atoms with van der Waals surface area (Å²) in [7, 11) is 0. The zero-order valence-electron chi connectivity index (χ0n) is 11.8. The number of carbonyl (C=O) groups is 1. The van der Waals surface area contributed by atoms with Crippen LogP contribution in [0, 0.1) is 6.92 Å². The second kappa shape index (κ2) is 5.98. The second-order valence-electron chi connectivity index (χ2n) is 4.67. The number of carbonyl (C=O) groups excluding carboxylic acids is 1. The van der Waals surface area contributed by atoms with Crippen LogP contribution in [0.15, 0.2) is 41.2 Å². The van der Waals surface area contributed by atoms with E-state index in [0.29, 0.717) is 17.2 Å². The molecule has 0 saturated heterocycles. The van der Waals surface area contributed by atoms with Gasteiger partial charge in [0.2, 0.25) is 5.88 Å². The van der Waals surface area contributed by atoms with E-state index in [0.717, 1.165) is 21.6 Å². The molecule has 3 rings (SSSR count). The Labute approximate surface area is 129 Å². The lowest BCUT2D eigenvalue weighted by molar-refractivity contribution is -0.118. The maximum Gasteiger partial charge on any atom is 0.306 e. The fraction of sp³-hybridized carbons (Fsp3) is 0.133. The number of aryl methyl sites for hydroxylation is 1. The van der Waals surface area contributed by atoms with Crippen LogP contribution in [0.1, 0.15) is 5.56 Å². The van der Waals surface area contributed by atoms with Crippen LogP contribution in [0.3, 0.4) is 0 Å². The molecule has 0 atom stereocenters. The number of thiazole rings is 1. The molecule has 22 heavy (non-hydrogen) atoms. The molecule has 0 aliphatic carbocycles. The summed E-state index contributed by atoms with van der Waals surface area (Å²) in [4.78, 5) is 29.8. The summed E-state index contributed by atoms with van der Waals surface area (Å²) in [6, 6.07) is 10.8. The number of nitrogens with one attached hydrogen (secondary N) is 2. The van der Waals surface area contributed by atoms with E-state index >= 15 is 0 Å². The van der Waals surface area contributed by atoms with E-state index in [1.54, 1.807) is 18.2 Å². The van der Waals surface area contributed by atoms with Crippen LogP contribution >= 0.6 is 11.3 Å². The highest BCUT2D eigenvalue weighted by Crippen LogP contribution is 2.21. The van der Waals surface area contributed by atoms with Gasteiger partial charge in [-0.15, -0.1) is 0 Å². The van der Waals surface area contributed by atoms with Gasteiger partial charge in [0, 0.05) is 11.8 Å². The predicted octanol–water partition coefficient (Wildman–Crippen LogP) is 2.31. The fourth-order valence-electron chi connectivity index (χ4n) is 1.99. The van der Waals surface area contributed by atoms with E-state index in [-0.39, 0.29) is 17.4 Å². The minimum atomic E-state index is -0.274. The van der Waals surface area contributed by atoms with Crippen molar-refractivity contribution in [2.75, 3.05) is 11.9 Å². The van der Waals surface area contributed by atoms with E-state index in [2.05, 4.69) is 15.3 Å². The third kappa shape index (κ3) is 3.15. The highest BCUT2D eigenvalue weighted by molar-refractivity contribution is 7.16. The normalized spacial score (nSPS) is 10.6. The number of amides is 1. The molecule has 112 valence electrons. The van der Waals surface area contributed by atoms with Crippen LogP contribution < -0.4 is 14.9 Å². The molecule has 2 heterocycles. The Bertz CT molecular complexity index is 871. The van der Waals surface area contributed by atoms with Gasteiger partial charge in [-0.25, -0.2) is 0 Å². The first kappa shape index (κ1) is 14.3. The van der Waals surface area contributed by atoms with Crippen LogP contribution in [-0.2, 0) is 4.79 Å². The van der Waals surface area contributed by atoms with E-state index in [4.69, 9.17) is 4.74 Å². The molecule has 0 aliphatic heterocycles. The molecule has 3 aromatic rings. The topological polar surface area (TPSA) is 84.1 Å². The number of H-pyrrole nitrogens is 1. The molecule has 7 heteroatoms. The lowest BCUT2D eigenvalue weighted by atomic mass is 10.3. The number of aromatic nitrogens is 2. The van der Waals surface area contributed by atoms with Crippen LogP contribution in [0.25, 0.3) is 10.3 Å². The Kier molecular flexibility index (Phi) is 3.88. The molecule has 0 unspecified atom stereocenters. The number of anilines is 1. The van der Waals surface area contributed by atoms with Crippen molar-refractivity contribution in [1.29, 1.82) is 0 Å². The predicted molar refractivity (Wildman–Crippen MR) is 85.5 cm³/mol. The molecule has 0 radical (unpaired) electrons. The van der Waals surface area contributed by atoms with E-state index in [1.165, 1.54) is 0 Å². The number of benzene rings is 1. The Morgan fingerprint density at radius 3 is 2.91 bits per heavy atom. The third-order valence-corrected chi connectivity index (χ3v) is 3.97. The average molecular weight is 315 g/mol. The largest absolute Gasteiger partial charge is 0.467 e. The molecule has 0 spiro atoms. The number of ether oxygens (including phenoxy) is 1. The van der Waals surface area contributed by atoms with E-state index in [1.807, 2.05) is 25.1 Å². The van der Waals surface area contributed by atoms with Crippen molar-refractivity contribution in [1.82, 2.24) is 9.97 Å². The number of para-hydroxylation sites is 1. The lowest BCUT2D eigenvalue weighted by Gasteiger charge is -2.07. The molecular weight excluding hydrogens is 302 g/mol. The highest BCUT2D eigenvalue weighted by Gasteiger charge is 2.09. The lowest BCUT2D eigenvalue weighted by Crippen LogP contribution is -2.20. The van der Waals surface area contributed by atoms with Crippen molar-refractivity contribution >= 4 is 33.3 Å². The molecule has 2 N–H and O–H groups in total. The minimum absolute atomic E-state index is 0.152. The highest BCUT2D eigenvalue weighted by atomic mass is 32.1. The molecule has 0 aliphatic rings. The van der Waals surface area contributed by atoms with Crippen LogP contribution in [0.5, 0.6) is 5.88 Å². The maximum absolute atomic E-state index is 11.8. The summed E-state index contributed by atoms with van der Waals surface area (Å²) in [5, 5.41) is 2.72. The number of hydrogen-bond acceptors (Lipinski definition) is 5. The molecule has 1 aromatic carbocycles. The van der Waals surface area contributed by atoms with Crippen molar-refractivity contribution in [3.63, 3.8) is 0 Å². The first-order valence-electron chi connectivity index (χ1n) is 6.60. The van der Waals surface area contributed by atoms with Gasteiger partial charge in [0.15, 0.2) is 12.3 Å². The standard InChI is InChI=1S/C15H13N3O3S/c1-9-7-12(17-14-13(9)22-15(20)18-14)21-8-11(19)16-10-5-3-2-4-6-10/h2-7H,8H2,1H3,(H,16,19)(H,17,18,20). The summed E-state index contributed by atoms with van der Waals surface area (Å²) in [5.74, 6) is 0.0341. The van der Waals surface area contributed by atoms with Gasteiger partial charge in [-0.1, -0.05) is 29.5 Å². The first-order valence-corrected chi connectivity index (χ1v) is 7.41. The van der Waals surface area contributed by atoms with Crippen molar-refractivity contribution in [2.24, 2.45) is 0 Å². The van der Waals surface area contributed by atoms with Crippen molar-refractivity contribution in [3.8, 4) is 5.88 Å². The zero-order chi connectivity index (χ0) is 15.5. The number of pyridine rings is 1. The summed E-state index contributed by atoms with van der Waals surface area (Å²) < 4.78 is 6.19. The third-order valence-electron chi connectivity index (χ3n) is 2.96. The number of aromatic amines is 1. The van der Waals surface area contributed by atoms with Gasteiger partial charge in [0.1, 0.15) is 0 Å². The number of nitrogens with zero attached hydrogens (tertiary/aromatic N) is 1. The van der Waals surface area contributed by atoms with Crippen LogP contribution in [0.4, 0.5) is 5.69 Å². The van der Waals surface area contributed by atoms with Gasteiger partial charge in [-0.05, 0) is 24.6 Å². The monoisotopic (exact) mass is 315 g/mol. The Morgan fingerprint density at radius 1 is 1.36 bits per heavy atom. The summed E-state index contributed by atoms with van der Waals surface area (Å²) in [5.41, 5.74) is 2.07. The smallest absolute Gasteiger partial charge is 0.306 e. The molecule has 0 bridgehead atoms. The maximum atomic E-state index is 11.8. The molecule has 0 fully saturated rings. The Balaban J connectivity index is 1.68. The van der Waals surface area contributed by atoms with Gasteiger partial charge < -0.3 is 10.1 Å². The SMILES string of the molecule is Cc1cc(OCC(=O)Nc2ccccc2)nc2[nH]c(=O)sc12. The number of fused-ring (bicyclic) bond motifs is 1. The Morgan fingerprint density at radius 2 is 2.14 bits per heavy atom.